The second kappa shape index (κ2) is 23.5. The molecule has 0 radical (unpaired) electrons. The van der Waals surface area contributed by atoms with Crippen LogP contribution in [0.3, 0.4) is 0 Å². The number of thiophene rings is 2. The standard InChI is InChI=1S/C102H74S2/c1-9-10-22-59(2)60(3)35-36-61(4)92-72-24-11-13-26-74(72)94(75-27-14-12-25-73(75)92)69-48-53-88-85(57-69)81-50-45-66-49-54-90-97(96(66)99(81)102(88,7)8)82-33-21-32-70(100(82)104-90)64-41-37-62(38-42-64)63-39-43-65(44-40-63)93-76-28-15-17-30-78(76)95(79-31-18-16-29-77(79)93)68-47-52-87-84(56-68)80-51-46-67-55-86-71-23-19-20-34-89(71)103-91(86)58-83(67)98(80)101(87,5)6/h9-39,41-43,45-58H,3-4,40,44H2,1-2,5-8H3/b10-9-,36-35-,59-22+. The first-order valence-corrected chi connectivity index (χ1v) is 38.3. The molecule has 0 amide bonds. The lowest BCUT2D eigenvalue weighted by molar-refractivity contribution is 0.666. The molecule has 0 saturated carbocycles. The van der Waals surface area contributed by atoms with E-state index in [0.717, 1.165) is 35.1 Å². The fourth-order valence-corrected chi connectivity index (χ4v) is 21.1. The van der Waals surface area contributed by atoms with Gasteiger partial charge in [0.2, 0.25) is 0 Å². The van der Waals surface area contributed by atoms with Crippen molar-refractivity contribution in [1.82, 2.24) is 0 Å². The lowest BCUT2D eigenvalue weighted by Crippen LogP contribution is -2.15. The second-order valence-electron chi connectivity index (χ2n) is 30.1. The third kappa shape index (κ3) is 9.27. The topological polar surface area (TPSA) is 0 Å². The zero-order valence-electron chi connectivity index (χ0n) is 59.4. The number of hydrogen-bond acceptors (Lipinski definition) is 2. The molecule has 0 N–H and O–H groups in total. The molecule has 0 nitrogen and oxygen atoms in total. The average molecular weight is 1360 g/mol. The van der Waals surface area contributed by atoms with E-state index in [9.17, 15) is 0 Å². The third-order valence-electron chi connectivity index (χ3n) is 23.7. The van der Waals surface area contributed by atoms with E-state index in [0.29, 0.717) is 0 Å². The van der Waals surface area contributed by atoms with Crippen molar-refractivity contribution < 1.29 is 0 Å². The Kier molecular flexibility index (Phi) is 14.1. The minimum atomic E-state index is -0.251. The first kappa shape index (κ1) is 62.3. The number of hydrogen-bond donors (Lipinski definition) is 0. The molecule has 104 heavy (non-hydrogen) atoms. The molecule has 494 valence electrons. The van der Waals surface area contributed by atoms with Gasteiger partial charge >= 0.3 is 0 Å². The molecule has 0 fully saturated rings. The van der Waals surface area contributed by atoms with Crippen LogP contribution in [-0.2, 0) is 10.8 Å². The SMILES string of the molecule is C=C(/C=C\C(=C)c1c2ccccc2c(-c2ccc3c(c2)-c2ccc4ccc5sc6c(-c7ccc(C8=CC=C(c9c%10ccccc%10c(-c%10ccc%11c(c%10)-c%10ccc%12cc%13c(cc%12c%10C%11(C)C)sc%10ccccc%10%13)c%10ccccc9%10)CC8)cc7)cccc6c5c4c2C3(C)C)c2ccccc12)/C(C)=C/C=C\C. The van der Waals surface area contributed by atoms with Crippen LogP contribution in [0.15, 0.2) is 316 Å². The molecule has 2 heterocycles. The Morgan fingerprint density at radius 1 is 0.375 bits per heavy atom. The summed E-state index contributed by atoms with van der Waals surface area (Å²) in [4.78, 5) is 0. The van der Waals surface area contributed by atoms with Crippen LogP contribution in [0, 0.1) is 0 Å². The zero-order valence-corrected chi connectivity index (χ0v) is 61.0. The van der Waals surface area contributed by atoms with Crippen molar-refractivity contribution in [3.63, 3.8) is 0 Å². The highest BCUT2D eigenvalue weighted by Crippen LogP contribution is 2.58. The molecule has 17 aromatic rings. The smallest absolute Gasteiger partial charge is 0.0434 e. The van der Waals surface area contributed by atoms with Gasteiger partial charge in [0.15, 0.2) is 0 Å². The van der Waals surface area contributed by atoms with Crippen LogP contribution in [0.5, 0.6) is 0 Å². The van der Waals surface area contributed by atoms with Crippen molar-refractivity contribution in [2.45, 2.75) is 65.2 Å². The van der Waals surface area contributed by atoms with Crippen molar-refractivity contribution in [3.05, 3.63) is 355 Å². The summed E-state index contributed by atoms with van der Waals surface area (Å²) in [5, 5.41) is 20.8. The molecule has 2 aromatic heterocycles. The summed E-state index contributed by atoms with van der Waals surface area (Å²) in [6.07, 6.45) is 17.2. The van der Waals surface area contributed by atoms with Gasteiger partial charge in [-0.15, -0.1) is 22.7 Å². The Morgan fingerprint density at radius 2 is 0.894 bits per heavy atom. The molecule has 15 aromatic carbocycles. The van der Waals surface area contributed by atoms with Gasteiger partial charge in [-0.25, -0.2) is 0 Å². The minimum absolute atomic E-state index is 0.155. The normalized spacial score (nSPS) is 14.7. The predicted octanol–water partition coefficient (Wildman–Crippen LogP) is 29.9. The molecule has 3 aliphatic carbocycles. The van der Waals surface area contributed by atoms with E-state index in [-0.39, 0.29) is 10.8 Å². The Morgan fingerprint density at radius 3 is 1.52 bits per heavy atom. The van der Waals surface area contributed by atoms with Crippen LogP contribution in [0.25, 0.3) is 177 Å². The quantitative estimate of drug-likeness (QED) is 0.0946. The van der Waals surface area contributed by atoms with Crippen LogP contribution in [0.1, 0.15) is 93.3 Å². The van der Waals surface area contributed by atoms with Gasteiger partial charge < -0.3 is 0 Å². The average Bonchev–Trinajstić information content (AvgIpc) is 1.55. The summed E-state index contributed by atoms with van der Waals surface area (Å²) in [5.41, 5.74) is 27.7. The van der Waals surface area contributed by atoms with Gasteiger partial charge in [-0.3, -0.25) is 0 Å². The van der Waals surface area contributed by atoms with Crippen molar-refractivity contribution in [2.75, 3.05) is 0 Å². The largest absolute Gasteiger partial charge is 0.135 e. The zero-order chi connectivity index (χ0) is 70.0. The minimum Gasteiger partial charge on any atom is -0.135 e. The summed E-state index contributed by atoms with van der Waals surface area (Å²) < 4.78 is 5.36. The van der Waals surface area contributed by atoms with Crippen molar-refractivity contribution in [3.8, 4) is 55.6 Å². The van der Waals surface area contributed by atoms with Crippen molar-refractivity contribution >= 4 is 144 Å². The van der Waals surface area contributed by atoms with E-state index in [1.165, 1.54) is 205 Å². The van der Waals surface area contributed by atoms with Crippen LogP contribution < -0.4 is 0 Å². The van der Waals surface area contributed by atoms with Gasteiger partial charge in [0, 0.05) is 51.2 Å². The highest BCUT2D eigenvalue weighted by molar-refractivity contribution is 7.26. The van der Waals surface area contributed by atoms with E-state index < -0.39 is 0 Å². The molecular formula is C102H74S2. The van der Waals surface area contributed by atoms with Crippen LogP contribution >= 0.6 is 22.7 Å². The number of benzene rings is 15. The molecule has 3 aliphatic rings. The van der Waals surface area contributed by atoms with Crippen molar-refractivity contribution in [1.29, 1.82) is 0 Å². The summed E-state index contributed by atoms with van der Waals surface area (Å²) in [7, 11) is 0. The number of rotatable bonds is 10. The van der Waals surface area contributed by atoms with Crippen LogP contribution in [0.4, 0.5) is 0 Å². The molecule has 0 bridgehead atoms. The van der Waals surface area contributed by atoms with E-state index in [1.807, 2.05) is 35.7 Å². The first-order chi connectivity index (χ1) is 50.8. The molecule has 20 rings (SSSR count). The lowest BCUT2D eigenvalue weighted by Gasteiger charge is -2.24. The summed E-state index contributed by atoms with van der Waals surface area (Å²) in [5.74, 6) is 0. The summed E-state index contributed by atoms with van der Waals surface area (Å²) in [6, 6.07) is 95.3. The van der Waals surface area contributed by atoms with Crippen LogP contribution in [-0.4, -0.2) is 0 Å². The summed E-state index contributed by atoms with van der Waals surface area (Å²) >= 11 is 3.85. The monoisotopic (exact) mass is 1360 g/mol. The molecule has 0 aliphatic heterocycles. The van der Waals surface area contributed by atoms with Gasteiger partial charge in [-0.1, -0.05) is 296 Å². The lowest BCUT2D eigenvalue weighted by atomic mass is 9.79. The third-order valence-corrected chi connectivity index (χ3v) is 26.0. The maximum Gasteiger partial charge on any atom is 0.0434 e. The highest BCUT2D eigenvalue weighted by Gasteiger charge is 2.40. The molecule has 2 heteroatoms. The van der Waals surface area contributed by atoms with Gasteiger partial charge in [-0.2, -0.15) is 0 Å². The fourth-order valence-electron chi connectivity index (χ4n) is 18.7. The molecule has 0 atom stereocenters. The fraction of sp³-hybridized carbons (Fsp3) is 0.0980. The van der Waals surface area contributed by atoms with Gasteiger partial charge in [0.25, 0.3) is 0 Å². The Labute approximate surface area is 615 Å². The highest BCUT2D eigenvalue weighted by atomic mass is 32.1. The molecule has 0 unspecified atom stereocenters. The van der Waals surface area contributed by atoms with Gasteiger partial charge in [0.1, 0.15) is 0 Å². The molecule has 0 spiro atoms. The van der Waals surface area contributed by atoms with E-state index in [1.54, 1.807) is 0 Å². The first-order valence-electron chi connectivity index (χ1n) is 36.6. The maximum absolute atomic E-state index is 4.69. The van der Waals surface area contributed by atoms with Gasteiger partial charge in [-0.05, 0) is 250 Å². The van der Waals surface area contributed by atoms with Gasteiger partial charge in [0.05, 0.1) is 0 Å². The summed E-state index contributed by atoms with van der Waals surface area (Å²) in [6.45, 7) is 23.0. The predicted molar refractivity (Wildman–Crippen MR) is 456 cm³/mol. The van der Waals surface area contributed by atoms with Crippen molar-refractivity contribution in [2.24, 2.45) is 0 Å². The molecule has 0 saturated heterocycles. The van der Waals surface area contributed by atoms with E-state index in [4.69, 9.17) is 6.58 Å². The number of allylic oxidation sites excluding steroid dienone is 12. The van der Waals surface area contributed by atoms with E-state index in [2.05, 4.69) is 326 Å². The van der Waals surface area contributed by atoms with E-state index >= 15 is 0 Å². The second-order valence-corrected chi connectivity index (χ2v) is 32.3. The number of fused-ring (bicyclic) bond motifs is 21. The Hall–Kier alpha value is -11.5. The maximum atomic E-state index is 4.69. The van der Waals surface area contributed by atoms with Crippen LogP contribution in [0.2, 0.25) is 0 Å². The Balaban J connectivity index is 0.627. The molecular weight excluding hydrogens is 1290 g/mol. The Bertz CT molecular complexity index is 6760.